The molecule has 0 radical (unpaired) electrons. The fraction of sp³-hybridized carbons (Fsp3) is 0.267. The minimum Gasteiger partial charge on any atom is -0.437 e. The molecule has 0 aliphatic heterocycles. The van der Waals surface area contributed by atoms with Gasteiger partial charge < -0.3 is 10.5 Å². The highest BCUT2D eigenvalue weighted by Gasteiger charge is 2.07. The van der Waals surface area contributed by atoms with E-state index in [9.17, 15) is 0 Å². The summed E-state index contributed by atoms with van der Waals surface area (Å²) in [6, 6.07) is 6.18. The number of thiocarbonyl (C=S) groups is 1. The molecule has 1 aromatic carbocycles. The Bertz CT molecular complexity index is 624. The lowest BCUT2D eigenvalue weighted by atomic mass is 10.0. The molecule has 0 fully saturated rings. The van der Waals surface area contributed by atoms with E-state index in [2.05, 4.69) is 29.9 Å². The minimum absolute atomic E-state index is 0.224. The van der Waals surface area contributed by atoms with Crippen molar-refractivity contribution in [1.82, 2.24) is 9.97 Å². The van der Waals surface area contributed by atoms with Crippen molar-refractivity contribution in [3.05, 3.63) is 47.4 Å². The second-order valence-electron chi connectivity index (χ2n) is 4.89. The second-order valence-corrected chi connectivity index (χ2v) is 5.33. The molecule has 1 aromatic heterocycles. The first-order valence-corrected chi connectivity index (χ1v) is 6.78. The van der Waals surface area contributed by atoms with Crippen molar-refractivity contribution in [3.8, 4) is 11.6 Å². The van der Waals surface area contributed by atoms with E-state index in [1.807, 2.05) is 19.1 Å². The summed E-state index contributed by atoms with van der Waals surface area (Å²) < 4.78 is 5.78. The number of benzene rings is 1. The Hall–Kier alpha value is -2.01. The van der Waals surface area contributed by atoms with Crippen LogP contribution in [0.2, 0.25) is 0 Å². The van der Waals surface area contributed by atoms with Gasteiger partial charge >= 0.3 is 0 Å². The number of rotatable bonds is 4. The highest BCUT2D eigenvalue weighted by atomic mass is 32.1. The Morgan fingerprint density at radius 1 is 1.25 bits per heavy atom. The zero-order chi connectivity index (χ0) is 14.7. The lowest BCUT2D eigenvalue weighted by Gasteiger charge is -2.11. The molecule has 0 saturated heterocycles. The molecule has 4 nitrogen and oxygen atoms in total. The van der Waals surface area contributed by atoms with Crippen molar-refractivity contribution >= 4 is 17.2 Å². The summed E-state index contributed by atoms with van der Waals surface area (Å²) in [5.41, 5.74) is 8.24. The Balaban J connectivity index is 2.25. The lowest BCUT2D eigenvalue weighted by Crippen LogP contribution is -2.11. The van der Waals surface area contributed by atoms with Crippen LogP contribution in [0.3, 0.4) is 0 Å². The predicted molar refractivity (Wildman–Crippen MR) is 83.3 cm³/mol. The SMILES string of the molecule is Cc1ccc(C(C)C)cc1Oc1cnc(C(N)=S)cn1. The monoisotopic (exact) mass is 287 g/mol. The first-order valence-electron chi connectivity index (χ1n) is 6.37. The van der Waals surface area contributed by atoms with E-state index < -0.39 is 0 Å². The largest absolute Gasteiger partial charge is 0.437 e. The first-order chi connectivity index (χ1) is 9.47. The fourth-order valence-corrected chi connectivity index (χ4v) is 1.80. The zero-order valence-corrected chi connectivity index (χ0v) is 12.6. The van der Waals surface area contributed by atoms with Crippen LogP contribution in [0.15, 0.2) is 30.6 Å². The molecule has 0 unspecified atom stereocenters. The van der Waals surface area contributed by atoms with E-state index in [0.29, 0.717) is 17.5 Å². The van der Waals surface area contributed by atoms with Crippen molar-refractivity contribution in [3.63, 3.8) is 0 Å². The molecule has 5 heteroatoms. The number of aromatic nitrogens is 2. The second kappa shape index (κ2) is 5.96. The summed E-state index contributed by atoms with van der Waals surface area (Å²) in [5, 5.41) is 0. The van der Waals surface area contributed by atoms with Crippen LogP contribution < -0.4 is 10.5 Å². The molecule has 1 heterocycles. The van der Waals surface area contributed by atoms with Gasteiger partial charge in [-0.1, -0.05) is 38.2 Å². The third kappa shape index (κ3) is 3.30. The van der Waals surface area contributed by atoms with E-state index >= 15 is 0 Å². The summed E-state index contributed by atoms with van der Waals surface area (Å²) in [5.74, 6) is 1.66. The summed E-state index contributed by atoms with van der Waals surface area (Å²) in [6.07, 6.45) is 3.04. The minimum atomic E-state index is 0.224. The Morgan fingerprint density at radius 3 is 2.55 bits per heavy atom. The smallest absolute Gasteiger partial charge is 0.237 e. The summed E-state index contributed by atoms with van der Waals surface area (Å²) in [4.78, 5) is 8.49. The van der Waals surface area contributed by atoms with Gasteiger partial charge in [-0.25, -0.2) is 9.97 Å². The van der Waals surface area contributed by atoms with Gasteiger partial charge in [0.05, 0.1) is 12.4 Å². The van der Waals surface area contributed by atoms with Gasteiger partial charge in [0.2, 0.25) is 5.88 Å². The Kier molecular flexibility index (Phi) is 4.29. The number of aryl methyl sites for hydroxylation is 1. The molecule has 0 aliphatic rings. The van der Waals surface area contributed by atoms with Crippen LogP contribution in [-0.2, 0) is 0 Å². The molecule has 0 aliphatic carbocycles. The molecule has 0 bridgehead atoms. The van der Waals surface area contributed by atoms with Crippen molar-refractivity contribution in [2.75, 3.05) is 0 Å². The van der Waals surface area contributed by atoms with E-state index in [4.69, 9.17) is 22.7 Å². The summed E-state index contributed by atoms with van der Waals surface area (Å²) in [7, 11) is 0. The van der Waals surface area contributed by atoms with E-state index in [0.717, 1.165) is 11.3 Å². The molecule has 2 N–H and O–H groups in total. The Labute approximate surface area is 124 Å². The van der Waals surface area contributed by atoms with Crippen LogP contribution in [0.4, 0.5) is 0 Å². The van der Waals surface area contributed by atoms with Crippen LogP contribution in [0.1, 0.15) is 36.6 Å². The number of hydrogen-bond donors (Lipinski definition) is 1. The fourth-order valence-electron chi connectivity index (χ4n) is 1.69. The molecule has 0 atom stereocenters. The summed E-state index contributed by atoms with van der Waals surface area (Å²) >= 11 is 4.84. The molecule has 104 valence electrons. The van der Waals surface area contributed by atoms with Gasteiger partial charge in [0.25, 0.3) is 0 Å². The molecule has 0 amide bonds. The van der Waals surface area contributed by atoms with Gasteiger partial charge in [0, 0.05) is 0 Å². The van der Waals surface area contributed by atoms with E-state index in [-0.39, 0.29) is 4.99 Å². The van der Waals surface area contributed by atoms with Crippen molar-refractivity contribution in [2.45, 2.75) is 26.7 Å². The maximum absolute atomic E-state index is 5.78. The number of nitrogens with two attached hydrogens (primary N) is 1. The molecular weight excluding hydrogens is 270 g/mol. The van der Waals surface area contributed by atoms with Crippen molar-refractivity contribution < 1.29 is 4.74 Å². The normalized spacial score (nSPS) is 10.6. The van der Waals surface area contributed by atoms with E-state index in [1.54, 1.807) is 0 Å². The Morgan fingerprint density at radius 2 is 2.00 bits per heavy atom. The van der Waals surface area contributed by atoms with Crippen molar-refractivity contribution in [1.29, 1.82) is 0 Å². The van der Waals surface area contributed by atoms with Gasteiger partial charge in [0.1, 0.15) is 16.4 Å². The number of ether oxygens (including phenoxy) is 1. The quantitative estimate of drug-likeness (QED) is 0.874. The molecule has 0 saturated carbocycles. The van der Waals surface area contributed by atoms with Crippen LogP contribution in [-0.4, -0.2) is 15.0 Å². The van der Waals surface area contributed by atoms with Crippen LogP contribution in [0.5, 0.6) is 11.6 Å². The lowest BCUT2D eigenvalue weighted by molar-refractivity contribution is 0.455. The van der Waals surface area contributed by atoms with Gasteiger partial charge in [-0.15, -0.1) is 0 Å². The van der Waals surface area contributed by atoms with Gasteiger partial charge in [-0.05, 0) is 30.0 Å². The van der Waals surface area contributed by atoms with E-state index in [1.165, 1.54) is 18.0 Å². The topological polar surface area (TPSA) is 61.0 Å². The van der Waals surface area contributed by atoms with Gasteiger partial charge in [0.15, 0.2) is 0 Å². The van der Waals surface area contributed by atoms with Crippen LogP contribution >= 0.6 is 12.2 Å². The highest BCUT2D eigenvalue weighted by Crippen LogP contribution is 2.27. The molecular formula is C15H17N3OS. The highest BCUT2D eigenvalue weighted by molar-refractivity contribution is 7.80. The number of hydrogen-bond acceptors (Lipinski definition) is 4. The maximum atomic E-state index is 5.78. The molecule has 2 rings (SSSR count). The van der Waals surface area contributed by atoms with Crippen LogP contribution in [0.25, 0.3) is 0 Å². The van der Waals surface area contributed by atoms with Gasteiger partial charge in [-0.2, -0.15) is 0 Å². The number of nitrogens with zero attached hydrogens (tertiary/aromatic N) is 2. The average molecular weight is 287 g/mol. The van der Waals surface area contributed by atoms with Crippen LogP contribution in [0, 0.1) is 6.92 Å². The standard InChI is InChI=1S/C15H17N3OS/c1-9(2)11-5-4-10(3)13(6-11)19-14-8-17-12(7-18-14)15(16)20/h4-9H,1-3H3,(H2,16,20). The third-order valence-electron chi connectivity index (χ3n) is 2.97. The predicted octanol–water partition coefficient (Wildman–Crippen LogP) is 3.33. The average Bonchev–Trinajstić information content (AvgIpc) is 2.41. The molecule has 2 aromatic rings. The molecule has 20 heavy (non-hydrogen) atoms. The first kappa shape index (κ1) is 14.4. The van der Waals surface area contributed by atoms with Gasteiger partial charge in [-0.3, -0.25) is 0 Å². The third-order valence-corrected chi connectivity index (χ3v) is 3.18. The molecule has 0 spiro atoms. The van der Waals surface area contributed by atoms with Crippen molar-refractivity contribution in [2.24, 2.45) is 5.73 Å². The zero-order valence-electron chi connectivity index (χ0n) is 11.8. The summed E-state index contributed by atoms with van der Waals surface area (Å²) in [6.45, 7) is 6.28. The maximum Gasteiger partial charge on any atom is 0.237 e.